The maximum absolute atomic E-state index is 13.2. The Balaban J connectivity index is 2.06. The summed E-state index contributed by atoms with van der Waals surface area (Å²) in [4.78, 5) is 13.2. The number of carbonyl (C=O) groups excluding carboxylic acids is 1. The lowest BCUT2D eigenvalue weighted by molar-refractivity contribution is -0.140. The molecule has 1 aromatic rings. The van der Waals surface area contributed by atoms with E-state index in [1.807, 2.05) is 0 Å². The molecular formula is C17H24F3N3O4S. The molecule has 1 atom stereocenters. The van der Waals surface area contributed by atoms with Crippen LogP contribution in [-0.2, 0) is 25.7 Å². The summed E-state index contributed by atoms with van der Waals surface area (Å²) in [7, 11) is -2.77. The molecule has 0 bridgehead atoms. The monoisotopic (exact) mass is 423 g/mol. The molecule has 0 radical (unpaired) electrons. The summed E-state index contributed by atoms with van der Waals surface area (Å²) in [5.74, 6) is -0.212. The Morgan fingerprint density at radius 2 is 1.82 bits per heavy atom. The van der Waals surface area contributed by atoms with Gasteiger partial charge in [-0.15, -0.1) is 0 Å². The maximum Gasteiger partial charge on any atom is 0.417 e. The van der Waals surface area contributed by atoms with Gasteiger partial charge in [0.15, 0.2) is 0 Å². The molecule has 0 aromatic heterocycles. The van der Waals surface area contributed by atoms with Crippen LogP contribution in [0.5, 0.6) is 0 Å². The average molecular weight is 423 g/mol. The van der Waals surface area contributed by atoms with E-state index in [-0.39, 0.29) is 32.1 Å². The van der Waals surface area contributed by atoms with Crippen LogP contribution in [0.4, 0.5) is 13.2 Å². The lowest BCUT2D eigenvalue weighted by atomic mass is 10.2. The number of hydrogen-bond donors (Lipinski definition) is 1. The van der Waals surface area contributed by atoms with E-state index in [0.717, 1.165) is 22.5 Å². The number of alkyl halides is 3. The molecule has 11 heteroatoms. The molecular weight excluding hydrogens is 399 g/mol. The quantitative estimate of drug-likeness (QED) is 0.666. The second-order valence-corrected chi connectivity index (χ2v) is 8.30. The van der Waals surface area contributed by atoms with Gasteiger partial charge in [-0.2, -0.15) is 17.5 Å². The third-order valence-corrected chi connectivity index (χ3v) is 6.57. The Hall–Kier alpha value is -1.69. The summed E-state index contributed by atoms with van der Waals surface area (Å²) in [6.45, 7) is 2.93. The van der Waals surface area contributed by atoms with E-state index in [1.54, 1.807) is 11.8 Å². The highest BCUT2D eigenvalue weighted by molar-refractivity contribution is 7.89. The van der Waals surface area contributed by atoms with Crippen LogP contribution in [0.2, 0.25) is 0 Å². The molecule has 1 fully saturated rings. The summed E-state index contributed by atoms with van der Waals surface area (Å²) >= 11 is 0. The van der Waals surface area contributed by atoms with Gasteiger partial charge in [0.25, 0.3) is 0 Å². The number of piperazine rings is 1. The fourth-order valence-electron chi connectivity index (χ4n) is 2.99. The van der Waals surface area contributed by atoms with Gasteiger partial charge in [-0.3, -0.25) is 9.69 Å². The molecule has 28 heavy (non-hydrogen) atoms. The predicted molar refractivity (Wildman–Crippen MR) is 96.1 cm³/mol. The largest absolute Gasteiger partial charge is 0.417 e. The first-order chi connectivity index (χ1) is 13.1. The molecule has 1 aromatic carbocycles. The van der Waals surface area contributed by atoms with Crippen molar-refractivity contribution in [3.05, 3.63) is 29.8 Å². The van der Waals surface area contributed by atoms with Crippen molar-refractivity contribution in [2.75, 3.05) is 46.4 Å². The summed E-state index contributed by atoms with van der Waals surface area (Å²) in [6.07, 6.45) is -4.76. The molecule has 1 aliphatic rings. The third-order valence-electron chi connectivity index (χ3n) is 4.62. The van der Waals surface area contributed by atoms with Crippen LogP contribution < -0.4 is 5.32 Å². The number of nitrogens with one attached hydrogen (secondary N) is 1. The van der Waals surface area contributed by atoms with E-state index in [9.17, 15) is 26.4 Å². The highest BCUT2D eigenvalue weighted by Gasteiger charge is 2.40. The maximum atomic E-state index is 13.2. The number of benzene rings is 1. The molecule has 0 aliphatic carbocycles. The van der Waals surface area contributed by atoms with Gasteiger partial charge in [-0.25, -0.2) is 8.42 Å². The van der Waals surface area contributed by atoms with E-state index in [4.69, 9.17) is 4.74 Å². The summed E-state index contributed by atoms with van der Waals surface area (Å²) in [5, 5.41) is 2.71. The molecule has 1 heterocycles. The fraction of sp³-hybridized carbons (Fsp3) is 0.588. The highest BCUT2D eigenvalue weighted by Crippen LogP contribution is 2.35. The van der Waals surface area contributed by atoms with Crippen LogP contribution in [0.15, 0.2) is 29.2 Å². The lowest BCUT2D eigenvalue weighted by Crippen LogP contribution is -2.55. The SMILES string of the molecule is COCCNC(=O)[C@@H](C)N1CCN(S(=O)(=O)c2ccccc2C(F)(F)F)CC1. The van der Waals surface area contributed by atoms with Gasteiger partial charge < -0.3 is 10.1 Å². The van der Waals surface area contributed by atoms with Crippen molar-refractivity contribution in [1.82, 2.24) is 14.5 Å². The number of amides is 1. The van der Waals surface area contributed by atoms with Gasteiger partial charge >= 0.3 is 6.18 Å². The van der Waals surface area contributed by atoms with Crippen LogP contribution in [0.3, 0.4) is 0 Å². The highest BCUT2D eigenvalue weighted by atomic mass is 32.2. The average Bonchev–Trinajstić information content (AvgIpc) is 2.67. The number of carbonyl (C=O) groups is 1. The second kappa shape index (κ2) is 9.21. The minimum atomic E-state index is -4.76. The van der Waals surface area contributed by atoms with E-state index in [2.05, 4.69) is 5.32 Å². The Morgan fingerprint density at radius 1 is 1.21 bits per heavy atom. The molecule has 0 saturated carbocycles. The number of sulfonamides is 1. The first-order valence-electron chi connectivity index (χ1n) is 8.76. The second-order valence-electron chi connectivity index (χ2n) is 6.39. The van der Waals surface area contributed by atoms with Crippen molar-refractivity contribution in [3.63, 3.8) is 0 Å². The third kappa shape index (κ3) is 5.22. The smallest absolute Gasteiger partial charge is 0.383 e. The van der Waals surface area contributed by atoms with Gasteiger partial charge in [-0.05, 0) is 19.1 Å². The number of methoxy groups -OCH3 is 1. The predicted octanol–water partition coefficient (Wildman–Crippen LogP) is 1.16. The lowest BCUT2D eigenvalue weighted by Gasteiger charge is -2.37. The van der Waals surface area contributed by atoms with Crippen LogP contribution in [0.25, 0.3) is 0 Å². The van der Waals surface area contributed by atoms with Gasteiger partial charge in [0, 0.05) is 39.8 Å². The standard InChI is InChI=1S/C17H24F3N3O4S/c1-13(16(24)21-7-12-27-2)22-8-10-23(11-9-22)28(25,26)15-6-4-3-5-14(15)17(18,19)20/h3-6,13H,7-12H2,1-2H3,(H,21,24)/t13-/m1/s1. The number of halogens is 3. The van der Waals surface area contributed by atoms with Crippen molar-refractivity contribution in [3.8, 4) is 0 Å². The molecule has 2 rings (SSSR count). The van der Waals surface area contributed by atoms with E-state index < -0.39 is 32.7 Å². The van der Waals surface area contributed by atoms with Gasteiger partial charge in [0.1, 0.15) is 0 Å². The summed E-state index contributed by atoms with van der Waals surface area (Å²) in [6, 6.07) is 3.67. The molecule has 1 saturated heterocycles. The van der Waals surface area contributed by atoms with E-state index >= 15 is 0 Å². The van der Waals surface area contributed by atoms with Crippen LogP contribution >= 0.6 is 0 Å². The van der Waals surface area contributed by atoms with Crippen LogP contribution in [0.1, 0.15) is 12.5 Å². The summed E-state index contributed by atoms with van der Waals surface area (Å²) < 4.78 is 71.0. The first kappa shape index (κ1) is 22.6. The fourth-order valence-corrected chi connectivity index (χ4v) is 4.62. The van der Waals surface area contributed by atoms with Crippen LogP contribution in [0, 0.1) is 0 Å². The molecule has 0 unspecified atom stereocenters. The van der Waals surface area contributed by atoms with Gasteiger partial charge in [0.2, 0.25) is 15.9 Å². The Morgan fingerprint density at radius 3 is 2.39 bits per heavy atom. The van der Waals surface area contributed by atoms with E-state index in [0.29, 0.717) is 13.2 Å². The topological polar surface area (TPSA) is 79.0 Å². The van der Waals surface area contributed by atoms with Gasteiger partial charge in [0.05, 0.1) is 23.1 Å². The van der Waals surface area contributed by atoms with Crippen molar-refractivity contribution in [2.24, 2.45) is 0 Å². The molecule has 7 nitrogen and oxygen atoms in total. The molecule has 1 amide bonds. The van der Waals surface area contributed by atoms with Crippen LogP contribution in [-0.4, -0.2) is 76.0 Å². The van der Waals surface area contributed by atoms with Crippen molar-refractivity contribution < 1.29 is 31.1 Å². The minimum Gasteiger partial charge on any atom is -0.383 e. The van der Waals surface area contributed by atoms with Crippen molar-refractivity contribution in [1.29, 1.82) is 0 Å². The number of ether oxygens (including phenoxy) is 1. The molecule has 0 spiro atoms. The molecule has 1 aliphatic heterocycles. The number of rotatable bonds is 7. The van der Waals surface area contributed by atoms with E-state index in [1.165, 1.54) is 13.2 Å². The Kier molecular flexibility index (Phi) is 7.43. The Bertz CT molecular complexity index is 778. The normalized spacial score (nSPS) is 18.0. The molecule has 158 valence electrons. The Labute approximate surface area is 162 Å². The zero-order chi connectivity index (χ0) is 20.9. The van der Waals surface area contributed by atoms with Crippen molar-refractivity contribution >= 4 is 15.9 Å². The molecule has 1 N–H and O–H groups in total. The first-order valence-corrected chi connectivity index (χ1v) is 10.2. The van der Waals surface area contributed by atoms with Crippen molar-refractivity contribution in [2.45, 2.75) is 24.0 Å². The minimum absolute atomic E-state index is 0.00418. The number of hydrogen-bond acceptors (Lipinski definition) is 5. The zero-order valence-corrected chi connectivity index (χ0v) is 16.5. The zero-order valence-electron chi connectivity index (χ0n) is 15.7. The number of nitrogens with zero attached hydrogens (tertiary/aromatic N) is 2. The summed E-state index contributed by atoms with van der Waals surface area (Å²) in [5.41, 5.74) is -1.18. The van der Waals surface area contributed by atoms with Gasteiger partial charge in [-0.1, -0.05) is 12.1 Å².